The molecule has 2 aromatic rings. The van der Waals surface area contributed by atoms with Crippen LogP contribution in [-0.2, 0) is 17.9 Å². The van der Waals surface area contributed by atoms with Crippen molar-refractivity contribution in [1.82, 2.24) is 5.43 Å². The van der Waals surface area contributed by atoms with Gasteiger partial charge in [0.15, 0.2) is 0 Å². The van der Waals surface area contributed by atoms with Crippen molar-refractivity contribution in [3.05, 3.63) is 65.7 Å². The molecule has 0 atom stereocenters. The lowest BCUT2D eigenvalue weighted by Gasteiger charge is -2.10. The molecule has 0 spiro atoms. The molecule has 0 bridgehead atoms. The summed E-state index contributed by atoms with van der Waals surface area (Å²) in [6, 6.07) is 18.7. The highest BCUT2D eigenvalue weighted by atomic mass is 16.5. The predicted molar refractivity (Wildman–Crippen MR) is 97.1 cm³/mol. The fourth-order valence-corrected chi connectivity index (χ4v) is 2.42. The highest BCUT2D eigenvalue weighted by Crippen LogP contribution is 2.08. The molecule has 0 aromatic heterocycles. The molecule has 3 heteroatoms. The van der Waals surface area contributed by atoms with Crippen molar-refractivity contribution in [2.24, 2.45) is 0 Å². The predicted octanol–water partition coefficient (Wildman–Crippen LogP) is 4.90. The molecule has 2 N–H and O–H groups in total. The molecule has 0 aliphatic rings. The minimum Gasteiger partial charge on any atom is -0.377 e. The number of rotatable bonds is 11. The molecular weight excluding hydrogens is 284 g/mol. The summed E-state index contributed by atoms with van der Waals surface area (Å²) in [5, 5.41) is 0. The Kier molecular flexibility index (Phi) is 8.23. The Hall–Kier alpha value is -1.84. The normalized spacial score (nSPS) is 10.7. The van der Waals surface area contributed by atoms with Crippen molar-refractivity contribution >= 4 is 5.69 Å². The van der Waals surface area contributed by atoms with E-state index in [2.05, 4.69) is 42.0 Å². The van der Waals surface area contributed by atoms with Crippen molar-refractivity contribution < 1.29 is 4.74 Å². The van der Waals surface area contributed by atoms with Crippen molar-refractivity contribution in [2.45, 2.75) is 45.8 Å². The molecule has 0 aliphatic heterocycles. The average Bonchev–Trinajstić information content (AvgIpc) is 2.59. The number of hydrogen-bond acceptors (Lipinski definition) is 3. The smallest absolute Gasteiger partial charge is 0.0716 e. The minimum absolute atomic E-state index is 0.700. The van der Waals surface area contributed by atoms with E-state index in [0.717, 1.165) is 25.3 Å². The van der Waals surface area contributed by atoms with Gasteiger partial charge in [0.05, 0.1) is 6.61 Å². The maximum absolute atomic E-state index is 5.76. The summed E-state index contributed by atoms with van der Waals surface area (Å²) in [5.41, 5.74) is 10.0. The first-order chi connectivity index (χ1) is 11.4. The summed E-state index contributed by atoms with van der Waals surface area (Å²) in [6.07, 6.45) is 5.01. The molecule has 3 nitrogen and oxygen atoms in total. The maximum atomic E-state index is 5.76. The molecule has 23 heavy (non-hydrogen) atoms. The lowest BCUT2D eigenvalue weighted by Crippen LogP contribution is -2.20. The average molecular weight is 312 g/mol. The molecule has 0 saturated heterocycles. The molecular formula is C20H28N2O. The van der Waals surface area contributed by atoms with E-state index in [9.17, 15) is 0 Å². The summed E-state index contributed by atoms with van der Waals surface area (Å²) >= 11 is 0. The summed E-state index contributed by atoms with van der Waals surface area (Å²) < 4.78 is 5.76. The number of hydrazine groups is 1. The van der Waals surface area contributed by atoms with Crippen LogP contribution in [0.1, 0.15) is 43.7 Å². The van der Waals surface area contributed by atoms with E-state index in [1.165, 1.54) is 30.4 Å². The van der Waals surface area contributed by atoms with Gasteiger partial charge in [-0.3, -0.25) is 0 Å². The van der Waals surface area contributed by atoms with E-state index in [0.29, 0.717) is 6.61 Å². The van der Waals surface area contributed by atoms with Gasteiger partial charge in [-0.05, 0) is 29.7 Å². The van der Waals surface area contributed by atoms with Crippen molar-refractivity contribution in [1.29, 1.82) is 0 Å². The summed E-state index contributed by atoms with van der Waals surface area (Å²) in [4.78, 5) is 0. The first kappa shape index (κ1) is 17.5. The van der Waals surface area contributed by atoms with Crippen molar-refractivity contribution in [3.8, 4) is 0 Å². The Morgan fingerprint density at radius 1 is 0.870 bits per heavy atom. The van der Waals surface area contributed by atoms with Gasteiger partial charge in [0.2, 0.25) is 0 Å². The Bertz CT molecular complexity index is 542. The van der Waals surface area contributed by atoms with Gasteiger partial charge in [-0.1, -0.05) is 68.7 Å². The maximum Gasteiger partial charge on any atom is 0.0716 e. The number of para-hydroxylation sites is 1. The minimum atomic E-state index is 0.700. The van der Waals surface area contributed by atoms with Gasteiger partial charge < -0.3 is 10.2 Å². The zero-order valence-electron chi connectivity index (χ0n) is 14.1. The monoisotopic (exact) mass is 312 g/mol. The quantitative estimate of drug-likeness (QED) is 0.457. The summed E-state index contributed by atoms with van der Waals surface area (Å²) in [7, 11) is 0. The Balaban J connectivity index is 1.67. The molecule has 0 aliphatic carbocycles. The second-order valence-corrected chi connectivity index (χ2v) is 5.78. The first-order valence-corrected chi connectivity index (χ1v) is 8.58. The topological polar surface area (TPSA) is 33.3 Å². The number of ether oxygens (including phenoxy) is 1. The highest BCUT2D eigenvalue weighted by molar-refractivity contribution is 5.41. The fourth-order valence-electron chi connectivity index (χ4n) is 2.42. The van der Waals surface area contributed by atoms with Crippen LogP contribution < -0.4 is 10.9 Å². The Morgan fingerprint density at radius 3 is 2.52 bits per heavy atom. The molecule has 0 amide bonds. The molecule has 2 aromatic carbocycles. The van der Waals surface area contributed by atoms with Crippen molar-refractivity contribution in [3.63, 3.8) is 0 Å². The third-order valence-corrected chi connectivity index (χ3v) is 3.70. The van der Waals surface area contributed by atoms with E-state index < -0.39 is 0 Å². The van der Waals surface area contributed by atoms with Crippen LogP contribution in [0.25, 0.3) is 0 Å². The third kappa shape index (κ3) is 7.31. The number of benzene rings is 2. The standard InChI is InChI=1S/C20H28N2O/c1-2-3-4-8-14-23-17-19-11-9-10-18(15-19)16-21-22-20-12-6-5-7-13-20/h5-7,9-13,15,21-22H,2-4,8,14,16-17H2,1H3. The van der Waals surface area contributed by atoms with Gasteiger partial charge in [0, 0.05) is 18.8 Å². The number of hydrogen-bond donors (Lipinski definition) is 2. The van der Waals surface area contributed by atoms with Gasteiger partial charge in [0.1, 0.15) is 0 Å². The molecule has 0 fully saturated rings. The zero-order valence-corrected chi connectivity index (χ0v) is 14.1. The molecule has 0 saturated carbocycles. The van der Waals surface area contributed by atoms with E-state index in [4.69, 9.17) is 4.74 Å². The summed E-state index contributed by atoms with van der Waals surface area (Å²) in [6.45, 7) is 4.57. The summed E-state index contributed by atoms with van der Waals surface area (Å²) in [5.74, 6) is 0. The first-order valence-electron chi connectivity index (χ1n) is 8.58. The van der Waals surface area contributed by atoms with Gasteiger partial charge in [-0.25, -0.2) is 5.43 Å². The van der Waals surface area contributed by atoms with Gasteiger partial charge >= 0.3 is 0 Å². The SMILES string of the molecule is CCCCCCOCc1cccc(CNNc2ccccc2)c1. The van der Waals surface area contributed by atoms with E-state index in [1.807, 2.05) is 30.3 Å². The van der Waals surface area contributed by atoms with Crippen LogP contribution >= 0.6 is 0 Å². The molecule has 0 heterocycles. The number of anilines is 1. The van der Waals surface area contributed by atoms with E-state index >= 15 is 0 Å². The highest BCUT2D eigenvalue weighted by Gasteiger charge is 1.97. The molecule has 2 rings (SSSR count). The second kappa shape index (κ2) is 10.8. The third-order valence-electron chi connectivity index (χ3n) is 3.70. The molecule has 0 unspecified atom stereocenters. The zero-order chi connectivity index (χ0) is 16.2. The number of unbranched alkanes of at least 4 members (excludes halogenated alkanes) is 3. The molecule has 124 valence electrons. The van der Waals surface area contributed by atoms with Gasteiger partial charge in [-0.2, -0.15) is 0 Å². The van der Waals surface area contributed by atoms with Crippen LogP contribution in [-0.4, -0.2) is 6.61 Å². The largest absolute Gasteiger partial charge is 0.377 e. The van der Waals surface area contributed by atoms with Crippen LogP contribution in [0.15, 0.2) is 54.6 Å². The van der Waals surface area contributed by atoms with Crippen LogP contribution in [0.2, 0.25) is 0 Å². The van der Waals surface area contributed by atoms with Crippen LogP contribution in [0.4, 0.5) is 5.69 Å². The fraction of sp³-hybridized carbons (Fsp3) is 0.400. The van der Waals surface area contributed by atoms with Crippen LogP contribution in [0.3, 0.4) is 0 Å². The van der Waals surface area contributed by atoms with Gasteiger partial charge in [0.25, 0.3) is 0 Å². The Morgan fingerprint density at radius 2 is 1.70 bits per heavy atom. The van der Waals surface area contributed by atoms with Crippen LogP contribution in [0.5, 0.6) is 0 Å². The van der Waals surface area contributed by atoms with Gasteiger partial charge in [-0.15, -0.1) is 0 Å². The second-order valence-electron chi connectivity index (χ2n) is 5.78. The lowest BCUT2D eigenvalue weighted by atomic mass is 10.1. The Labute approximate surface area is 140 Å². The van der Waals surface area contributed by atoms with Crippen LogP contribution in [0, 0.1) is 0 Å². The molecule has 0 radical (unpaired) electrons. The van der Waals surface area contributed by atoms with Crippen molar-refractivity contribution in [2.75, 3.05) is 12.0 Å². The number of nitrogens with one attached hydrogen (secondary N) is 2. The van der Waals surface area contributed by atoms with E-state index in [-0.39, 0.29) is 0 Å². The lowest BCUT2D eigenvalue weighted by molar-refractivity contribution is 0.117. The van der Waals surface area contributed by atoms with E-state index in [1.54, 1.807) is 0 Å².